The van der Waals surface area contributed by atoms with Crippen LogP contribution in [-0.2, 0) is 6.42 Å². The molecule has 0 bridgehead atoms. The first kappa shape index (κ1) is 41.8. The molecule has 318 valence electrons. The lowest BCUT2D eigenvalue weighted by molar-refractivity contribution is 0.787. The van der Waals surface area contributed by atoms with Crippen molar-refractivity contribution in [2.45, 2.75) is 25.3 Å². The molecule has 2 nitrogen and oxygen atoms in total. The normalized spacial score (nSPS) is 13.2. The quantitative estimate of drug-likeness (QED) is 0.101. The standard InChI is InChI=1S/C64H52N2/c1-2-3-17-48-18-16-25-56(46-48)53-32-40-61(41-33-53)66(60-38-30-52(31-39-60)50-21-10-5-11-22-50)62-44-45-63(64(47-62)54-23-12-6-13-24-54)55-34-42-59(43-35-55)65(57-26-14-7-15-27-57)58-36-28-51(29-37-58)49-19-8-4-9-20-49/h2,4-16,18-40,42-47,61H,1,3,17,41H2. The van der Waals surface area contributed by atoms with E-state index in [1.54, 1.807) is 0 Å². The van der Waals surface area contributed by atoms with Crippen LogP contribution in [0.2, 0.25) is 0 Å². The summed E-state index contributed by atoms with van der Waals surface area (Å²) < 4.78 is 0. The minimum absolute atomic E-state index is 0.111. The largest absolute Gasteiger partial charge is 0.334 e. The average molecular weight is 849 g/mol. The molecule has 0 amide bonds. The molecule has 9 aromatic rings. The van der Waals surface area contributed by atoms with Crippen LogP contribution in [0, 0.1) is 0 Å². The summed E-state index contributed by atoms with van der Waals surface area (Å²) in [5.74, 6) is 0. The summed E-state index contributed by atoms with van der Waals surface area (Å²) in [4.78, 5) is 4.84. The van der Waals surface area contributed by atoms with Gasteiger partial charge in [0.25, 0.3) is 0 Å². The Morgan fingerprint density at radius 3 is 1.44 bits per heavy atom. The summed E-state index contributed by atoms with van der Waals surface area (Å²) in [5, 5.41) is 0. The van der Waals surface area contributed by atoms with Gasteiger partial charge in [-0.15, -0.1) is 6.58 Å². The average Bonchev–Trinajstić information content (AvgIpc) is 3.40. The van der Waals surface area contributed by atoms with Crippen LogP contribution in [0.4, 0.5) is 28.4 Å². The molecular weight excluding hydrogens is 797 g/mol. The summed E-state index contributed by atoms with van der Waals surface area (Å²) >= 11 is 0. The van der Waals surface area contributed by atoms with Crippen LogP contribution in [0.15, 0.2) is 267 Å². The SMILES string of the molecule is C=CCCc1cccc(C2=CCC(N(c3ccc(-c4ccccc4)cc3)c3ccc(-c4ccc(N(c5ccccc5)c5ccc(-c6ccccc6)cc5)cc4)c(-c4ccccc4)c3)C=C2)c1. The minimum atomic E-state index is 0.111. The number of nitrogens with zero attached hydrogens (tertiary/aromatic N) is 2. The third-order valence-electron chi connectivity index (χ3n) is 12.6. The third kappa shape index (κ3) is 9.22. The highest BCUT2D eigenvalue weighted by Gasteiger charge is 2.23. The second kappa shape index (κ2) is 19.7. The highest BCUT2D eigenvalue weighted by Crippen LogP contribution is 2.42. The number of rotatable bonds is 14. The smallest absolute Gasteiger partial charge is 0.0560 e. The Bertz CT molecular complexity index is 3080. The minimum Gasteiger partial charge on any atom is -0.334 e. The first-order valence-corrected chi connectivity index (χ1v) is 23.0. The van der Waals surface area contributed by atoms with Gasteiger partial charge in [0.05, 0.1) is 6.04 Å². The summed E-state index contributed by atoms with van der Waals surface area (Å²) in [6.07, 6.45) is 12.0. The van der Waals surface area contributed by atoms with Crippen LogP contribution in [-0.4, -0.2) is 6.04 Å². The molecule has 0 saturated carbocycles. The number of para-hydroxylation sites is 1. The lowest BCUT2D eigenvalue weighted by Gasteiger charge is -2.34. The molecule has 1 aliphatic carbocycles. The summed E-state index contributed by atoms with van der Waals surface area (Å²) in [7, 11) is 0. The van der Waals surface area contributed by atoms with Gasteiger partial charge in [0, 0.05) is 28.4 Å². The van der Waals surface area contributed by atoms with Crippen LogP contribution in [0.1, 0.15) is 24.0 Å². The van der Waals surface area contributed by atoms with Crippen molar-refractivity contribution in [3.05, 3.63) is 279 Å². The number of hydrogen-bond donors (Lipinski definition) is 0. The van der Waals surface area contributed by atoms with Crippen molar-refractivity contribution in [2.75, 3.05) is 9.80 Å². The fourth-order valence-electron chi connectivity index (χ4n) is 9.21. The maximum Gasteiger partial charge on any atom is 0.0560 e. The number of anilines is 5. The van der Waals surface area contributed by atoms with Gasteiger partial charge in [0.1, 0.15) is 0 Å². The van der Waals surface area contributed by atoms with E-state index < -0.39 is 0 Å². The highest BCUT2D eigenvalue weighted by atomic mass is 15.2. The van der Waals surface area contributed by atoms with Gasteiger partial charge in [0.2, 0.25) is 0 Å². The molecule has 0 spiro atoms. The van der Waals surface area contributed by atoms with Crippen LogP contribution in [0.25, 0.3) is 50.1 Å². The number of benzene rings is 9. The van der Waals surface area contributed by atoms with Crippen molar-refractivity contribution in [1.29, 1.82) is 0 Å². The van der Waals surface area contributed by atoms with Crippen LogP contribution in [0.5, 0.6) is 0 Å². The summed E-state index contributed by atoms with van der Waals surface area (Å²) in [5.41, 5.74) is 19.0. The van der Waals surface area contributed by atoms with Crippen molar-refractivity contribution in [1.82, 2.24) is 0 Å². The van der Waals surface area contributed by atoms with Crippen molar-refractivity contribution < 1.29 is 0 Å². The zero-order valence-electron chi connectivity index (χ0n) is 37.1. The number of allylic oxidation sites excluding steroid dienone is 3. The molecule has 0 aromatic heterocycles. The molecule has 10 rings (SSSR count). The Labute approximate surface area is 390 Å². The van der Waals surface area contributed by atoms with Crippen LogP contribution >= 0.6 is 0 Å². The molecule has 0 aliphatic heterocycles. The molecule has 1 aliphatic rings. The molecule has 1 unspecified atom stereocenters. The lowest BCUT2D eigenvalue weighted by atomic mass is 9.92. The monoisotopic (exact) mass is 848 g/mol. The maximum absolute atomic E-state index is 3.93. The highest BCUT2D eigenvalue weighted by molar-refractivity contribution is 5.89. The van der Waals surface area contributed by atoms with Gasteiger partial charge in [-0.25, -0.2) is 0 Å². The Balaban J connectivity index is 1.01. The topological polar surface area (TPSA) is 6.48 Å². The van der Waals surface area contributed by atoms with Gasteiger partial charge in [-0.05, 0) is 141 Å². The zero-order chi connectivity index (χ0) is 44.5. The molecule has 0 heterocycles. The number of aryl methyl sites for hydroxylation is 1. The van der Waals surface area contributed by atoms with E-state index in [2.05, 4.69) is 271 Å². The second-order valence-electron chi connectivity index (χ2n) is 16.9. The maximum atomic E-state index is 3.93. The van der Waals surface area contributed by atoms with E-state index in [9.17, 15) is 0 Å². The van der Waals surface area contributed by atoms with Gasteiger partial charge in [-0.3, -0.25) is 0 Å². The molecule has 0 N–H and O–H groups in total. The van der Waals surface area contributed by atoms with Gasteiger partial charge < -0.3 is 9.80 Å². The van der Waals surface area contributed by atoms with E-state index in [4.69, 9.17) is 0 Å². The fourth-order valence-corrected chi connectivity index (χ4v) is 9.21. The zero-order valence-corrected chi connectivity index (χ0v) is 37.1. The predicted molar refractivity (Wildman–Crippen MR) is 282 cm³/mol. The number of hydrogen-bond acceptors (Lipinski definition) is 2. The molecular formula is C64H52N2. The van der Waals surface area contributed by atoms with E-state index >= 15 is 0 Å². The molecule has 9 aromatic carbocycles. The molecule has 0 radical (unpaired) electrons. The Hall–Kier alpha value is -8.20. The van der Waals surface area contributed by atoms with Crippen molar-refractivity contribution in [3.8, 4) is 44.5 Å². The molecule has 0 saturated heterocycles. The van der Waals surface area contributed by atoms with Gasteiger partial charge in [0.15, 0.2) is 0 Å². The molecule has 0 fully saturated rings. The Morgan fingerprint density at radius 2 is 0.879 bits per heavy atom. The van der Waals surface area contributed by atoms with Gasteiger partial charge in [-0.2, -0.15) is 0 Å². The van der Waals surface area contributed by atoms with Gasteiger partial charge in [-0.1, -0.05) is 200 Å². The first-order chi connectivity index (χ1) is 32.7. The van der Waals surface area contributed by atoms with Crippen molar-refractivity contribution in [2.24, 2.45) is 0 Å². The van der Waals surface area contributed by atoms with E-state index in [0.717, 1.165) is 53.3 Å². The Morgan fingerprint density at radius 1 is 0.409 bits per heavy atom. The van der Waals surface area contributed by atoms with E-state index in [0.29, 0.717) is 0 Å². The van der Waals surface area contributed by atoms with Crippen LogP contribution < -0.4 is 9.80 Å². The first-order valence-electron chi connectivity index (χ1n) is 23.0. The molecule has 1 atom stereocenters. The van der Waals surface area contributed by atoms with E-state index in [1.807, 2.05) is 6.08 Å². The fraction of sp³-hybridized carbons (Fsp3) is 0.0625. The second-order valence-corrected chi connectivity index (χ2v) is 16.9. The Kier molecular flexibility index (Phi) is 12.5. The molecule has 66 heavy (non-hydrogen) atoms. The van der Waals surface area contributed by atoms with Gasteiger partial charge >= 0.3 is 0 Å². The predicted octanol–water partition coefficient (Wildman–Crippen LogP) is 17.5. The third-order valence-corrected chi connectivity index (χ3v) is 12.6. The van der Waals surface area contributed by atoms with Crippen molar-refractivity contribution in [3.63, 3.8) is 0 Å². The molecule has 2 heteroatoms. The van der Waals surface area contributed by atoms with E-state index in [1.165, 1.54) is 55.6 Å². The summed E-state index contributed by atoms with van der Waals surface area (Å²) in [6, 6.07) is 85.7. The summed E-state index contributed by atoms with van der Waals surface area (Å²) in [6.45, 7) is 3.93. The lowest BCUT2D eigenvalue weighted by Crippen LogP contribution is -2.30. The van der Waals surface area contributed by atoms with Crippen molar-refractivity contribution >= 4 is 34.0 Å². The van der Waals surface area contributed by atoms with Crippen LogP contribution in [0.3, 0.4) is 0 Å². The van der Waals surface area contributed by atoms with E-state index in [-0.39, 0.29) is 6.04 Å².